The molecule has 1 saturated heterocycles. The Kier molecular flexibility index (Phi) is 6.52. The van der Waals surface area contributed by atoms with Crippen molar-refractivity contribution in [2.75, 3.05) is 32.1 Å². The number of ether oxygens (including phenoxy) is 1. The van der Waals surface area contributed by atoms with Gasteiger partial charge in [-0.15, -0.1) is 11.3 Å². The lowest BCUT2D eigenvalue weighted by atomic mass is 9.98. The van der Waals surface area contributed by atoms with Crippen molar-refractivity contribution in [3.8, 4) is 5.75 Å². The molecule has 2 N–H and O–H groups in total. The fraction of sp³-hybridized carbons (Fsp3) is 0.450. The van der Waals surface area contributed by atoms with Gasteiger partial charge in [-0.2, -0.15) is 0 Å². The second-order valence-corrected chi connectivity index (χ2v) is 7.89. The van der Waals surface area contributed by atoms with Crippen molar-refractivity contribution in [1.82, 2.24) is 10.2 Å². The lowest BCUT2D eigenvalue weighted by Gasteiger charge is -2.32. The summed E-state index contributed by atoms with van der Waals surface area (Å²) in [5, 5.41) is 8.05. The quantitative estimate of drug-likeness (QED) is 0.802. The molecule has 1 aromatic heterocycles. The van der Waals surface area contributed by atoms with E-state index in [1.165, 1.54) is 11.3 Å². The Bertz CT molecular complexity index is 718. The molecule has 3 rings (SSSR count). The van der Waals surface area contributed by atoms with Gasteiger partial charge < -0.3 is 15.4 Å². The van der Waals surface area contributed by atoms with Crippen molar-refractivity contribution >= 4 is 23.1 Å². The molecule has 1 aliphatic rings. The van der Waals surface area contributed by atoms with Gasteiger partial charge in [0.1, 0.15) is 5.75 Å². The van der Waals surface area contributed by atoms with Gasteiger partial charge in [0.25, 0.3) is 0 Å². The van der Waals surface area contributed by atoms with Crippen LogP contribution in [0, 0.1) is 12.8 Å². The van der Waals surface area contributed by atoms with Crippen molar-refractivity contribution < 1.29 is 9.53 Å². The first kappa shape index (κ1) is 18.7. The van der Waals surface area contributed by atoms with E-state index >= 15 is 0 Å². The number of hydrogen-bond acceptors (Lipinski definition) is 4. The summed E-state index contributed by atoms with van der Waals surface area (Å²) in [5.41, 5.74) is 1.78. The smallest absolute Gasteiger partial charge is 0.319 e. The number of urea groups is 1. The average molecular weight is 374 g/mol. The summed E-state index contributed by atoms with van der Waals surface area (Å²) in [6.07, 6.45) is 2.35. The summed E-state index contributed by atoms with van der Waals surface area (Å²) in [5.74, 6) is 1.17. The van der Waals surface area contributed by atoms with Gasteiger partial charge in [-0.25, -0.2) is 4.79 Å². The number of carbonyl (C=O) groups is 1. The van der Waals surface area contributed by atoms with Crippen molar-refractivity contribution in [3.63, 3.8) is 0 Å². The Morgan fingerprint density at radius 1 is 1.38 bits per heavy atom. The van der Waals surface area contributed by atoms with Crippen LogP contribution < -0.4 is 15.4 Å². The third-order valence-corrected chi connectivity index (χ3v) is 5.58. The number of carbonyl (C=O) groups excluding carboxylic acids is 1. The Balaban J connectivity index is 1.47. The van der Waals surface area contributed by atoms with Gasteiger partial charge in [0.15, 0.2) is 0 Å². The van der Waals surface area contributed by atoms with E-state index in [1.54, 1.807) is 7.11 Å². The highest BCUT2D eigenvalue weighted by atomic mass is 32.1. The summed E-state index contributed by atoms with van der Waals surface area (Å²) >= 11 is 1.81. The molecule has 2 amide bonds. The molecule has 0 aliphatic carbocycles. The number of thiophene rings is 1. The van der Waals surface area contributed by atoms with Crippen LogP contribution in [0.4, 0.5) is 10.5 Å². The first-order valence-electron chi connectivity index (χ1n) is 9.08. The molecule has 1 aromatic carbocycles. The number of piperidine rings is 1. The fourth-order valence-electron chi connectivity index (χ4n) is 3.41. The van der Waals surface area contributed by atoms with Gasteiger partial charge in [-0.3, -0.25) is 4.90 Å². The van der Waals surface area contributed by atoms with E-state index in [-0.39, 0.29) is 6.03 Å². The number of methoxy groups -OCH3 is 1. The van der Waals surface area contributed by atoms with Gasteiger partial charge in [0, 0.05) is 24.5 Å². The molecule has 0 radical (unpaired) electrons. The van der Waals surface area contributed by atoms with Crippen LogP contribution in [0.3, 0.4) is 0 Å². The summed E-state index contributed by atoms with van der Waals surface area (Å²) in [6, 6.07) is 9.87. The molecule has 2 heterocycles. The predicted molar refractivity (Wildman–Crippen MR) is 107 cm³/mol. The molecule has 1 fully saturated rings. The lowest BCUT2D eigenvalue weighted by Crippen LogP contribution is -2.41. The number of nitrogens with one attached hydrogen (secondary N) is 2. The van der Waals surface area contributed by atoms with Crippen LogP contribution in [0.2, 0.25) is 0 Å². The van der Waals surface area contributed by atoms with Crippen molar-refractivity contribution in [2.24, 2.45) is 5.92 Å². The lowest BCUT2D eigenvalue weighted by molar-refractivity contribution is 0.167. The second kappa shape index (κ2) is 9.05. The predicted octanol–water partition coefficient (Wildman–Crippen LogP) is 4.10. The molecule has 0 bridgehead atoms. The number of aryl methyl sites for hydroxylation is 1. The summed E-state index contributed by atoms with van der Waals surface area (Å²) < 4.78 is 5.31. The normalized spacial score (nSPS) is 17.7. The van der Waals surface area contributed by atoms with Crippen LogP contribution in [0.25, 0.3) is 0 Å². The summed E-state index contributed by atoms with van der Waals surface area (Å²) in [6.45, 7) is 5.88. The molecular formula is C20H27N3O2S. The molecule has 5 nitrogen and oxygen atoms in total. The molecular weight excluding hydrogens is 346 g/mol. The molecule has 1 unspecified atom stereocenters. The summed E-state index contributed by atoms with van der Waals surface area (Å²) in [4.78, 5) is 16.2. The van der Waals surface area contributed by atoms with E-state index in [0.717, 1.165) is 31.6 Å². The SMILES string of the molecule is COc1ccc(C)cc1NC(=O)NCC1CCCN(Cc2cccs2)C1. The van der Waals surface area contributed by atoms with E-state index in [9.17, 15) is 4.79 Å². The molecule has 2 aromatic rings. The van der Waals surface area contributed by atoms with Gasteiger partial charge in [-0.05, 0) is 61.4 Å². The van der Waals surface area contributed by atoms with E-state index in [2.05, 4.69) is 33.0 Å². The van der Waals surface area contributed by atoms with Crippen molar-refractivity contribution in [1.29, 1.82) is 0 Å². The third-order valence-electron chi connectivity index (χ3n) is 4.72. The number of nitrogens with zero attached hydrogens (tertiary/aromatic N) is 1. The number of benzene rings is 1. The highest BCUT2D eigenvalue weighted by Crippen LogP contribution is 2.25. The minimum absolute atomic E-state index is 0.177. The zero-order valence-electron chi connectivity index (χ0n) is 15.5. The molecule has 1 aliphatic heterocycles. The van der Waals surface area contributed by atoms with Crippen molar-refractivity contribution in [2.45, 2.75) is 26.3 Å². The molecule has 6 heteroatoms. The fourth-order valence-corrected chi connectivity index (χ4v) is 4.15. The standard InChI is InChI=1S/C20H27N3O2S/c1-15-7-8-19(25-2)18(11-15)22-20(24)21-12-16-5-3-9-23(13-16)14-17-6-4-10-26-17/h4,6-8,10-11,16H,3,5,9,12-14H2,1-2H3,(H2,21,22,24). The van der Waals surface area contributed by atoms with Crippen LogP contribution in [0.5, 0.6) is 5.75 Å². The van der Waals surface area contributed by atoms with Gasteiger partial charge >= 0.3 is 6.03 Å². The molecule has 0 saturated carbocycles. The first-order valence-corrected chi connectivity index (χ1v) is 9.96. The van der Waals surface area contributed by atoms with Crippen LogP contribution in [-0.4, -0.2) is 37.7 Å². The number of anilines is 1. The van der Waals surface area contributed by atoms with Crippen LogP contribution in [0.15, 0.2) is 35.7 Å². The van der Waals surface area contributed by atoms with E-state index < -0.39 is 0 Å². The van der Waals surface area contributed by atoms with E-state index in [0.29, 0.717) is 23.9 Å². The third kappa shape index (κ3) is 5.22. The maximum atomic E-state index is 12.3. The Hall–Kier alpha value is -2.05. The number of likely N-dealkylation sites (tertiary alicyclic amines) is 1. The Labute approximate surface area is 159 Å². The van der Waals surface area contributed by atoms with Crippen LogP contribution in [0.1, 0.15) is 23.3 Å². The number of amides is 2. The zero-order chi connectivity index (χ0) is 18.4. The van der Waals surface area contributed by atoms with Gasteiger partial charge in [-0.1, -0.05) is 12.1 Å². The highest BCUT2D eigenvalue weighted by Gasteiger charge is 2.21. The summed E-state index contributed by atoms with van der Waals surface area (Å²) in [7, 11) is 1.61. The Morgan fingerprint density at radius 3 is 3.04 bits per heavy atom. The molecule has 26 heavy (non-hydrogen) atoms. The minimum Gasteiger partial charge on any atom is -0.495 e. The van der Waals surface area contributed by atoms with Crippen molar-refractivity contribution in [3.05, 3.63) is 46.2 Å². The topological polar surface area (TPSA) is 53.6 Å². The van der Waals surface area contributed by atoms with Gasteiger partial charge in [0.05, 0.1) is 12.8 Å². The van der Waals surface area contributed by atoms with Gasteiger partial charge in [0.2, 0.25) is 0 Å². The highest BCUT2D eigenvalue weighted by molar-refractivity contribution is 7.09. The zero-order valence-corrected chi connectivity index (χ0v) is 16.3. The maximum absolute atomic E-state index is 12.3. The Morgan fingerprint density at radius 2 is 2.27 bits per heavy atom. The average Bonchev–Trinajstić information content (AvgIpc) is 3.13. The first-order chi connectivity index (χ1) is 12.6. The molecule has 1 atom stereocenters. The number of rotatable bonds is 6. The monoisotopic (exact) mass is 373 g/mol. The van der Waals surface area contributed by atoms with E-state index in [1.807, 2.05) is 36.5 Å². The largest absolute Gasteiger partial charge is 0.495 e. The van der Waals surface area contributed by atoms with E-state index in [4.69, 9.17) is 4.74 Å². The molecule has 0 spiro atoms. The second-order valence-electron chi connectivity index (χ2n) is 6.86. The number of hydrogen-bond donors (Lipinski definition) is 2. The minimum atomic E-state index is -0.177. The maximum Gasteiger partial charge on any atom is 0.319 e. The van der Waals surface area contributed by atoms with Crippen LogP contribution >= 0.6 is 11.3 Å². The van der Waals surface area contributed by atoms with Crippen LogP contribution in [-0.2, 0) is 6.54 Å². The molecule has 140 valence electrons.